The Morgan fingerprint density at radius 2 is 2.00 bits per heavy atom. The van der Waals surface area contributed by atoms with E-state index in [0.717, 1.165) is 5.56 Å². The molecular formula is C16H14N2O4. The van der Waals surface area contributed by atoms with E-state index in [-0.39, 0.29) is 5.89 Å². The van der Waals surface area contributed by atoms with Crippen molar-refractivity contribution >= 4 is 5.97 Å². The lowest BCUT2D eigenvalue weighted by Gasteiger charge is -2.08. The van der Waals surface area contributed by atoms with Crippen molar-refractivity contribution in [2.24, 2.45) is 0 Å². The van der Waals surface area contributed by atoms with Crippen molar-refractivity contribution in [1.82, 2.24) is 10.1 Å². The molecule has 1 atom stereocenters. The molecule has 0 spiro atoms. The summed E-state index contributed by atoms with van der Waals surface area (Å²) < 4.78 is 15.6. The molecule has 0 aliphatic heterocycles. The minimum absolute atomic E-state index is 0.244. The van der Waals surface area contributed by atoms with E-state index < -0.39 is 12.1 Å². The zero-order valence-electron chi connectivity index (χ0n) is 12.1. The van der Waals surface area contributed by atoms with Gasteiger partial charge < -0.3 is 13.7 Å². The highest BCUT2D eigenvalue weighted by Gasteiger charge is 2.21. The van der Waals surface area contributed by atoms with E-state index in [1.165, 1.54) is 6.26 Å². The van der Waals surface area contributed by atoms with Crippen LogP contribution in [0.2, 0.25) is 0 Å². The van der Waals surface area contributed by atoms with Crippen molar-refractivity contribution in [1.29, 1.82) is 0 Å². The van der Waals surface area contributed by atoms with Gasteiger partial charge in [0.2, 0.25) is 5.82 Å². The van der Waals surface area contributed by atoms with Crippen LogP contribution in [0.3, 0.4) is 0 Å². The molecule has 0 radical (unpaired) electrons. The smallest absolute Gasteiger partial charge is 0.342 e. The SMILES string of the molecule is Cc1occc1C(=O)O[C@@H](C)c1nc(-c2ccccc2)no1. The van der Waals surface area contributed by atoms with Gasteiger partial charge in [-0.2, -0.15) is 4.98 Å². The molecule has 2 heterocycles. The van der Waals surface area contributed by atoms with Gasteiger partial charge in [-0.05, 0) is 19.9 Å². The van der Waals surface area contributed by atoms with Crippen molar-refractivity contribution < 1.29 is 18.5 Å². The van der Waals surface area contributed by atoms with Gasteiger partial charge in [-0.15, -0.1) is 0 Å². The summed E-state index contributed by atoms with van der Waals surface area (Å²) in [6.07, 6.45) is 0.795. The van der Waals surface area contributed by atoms with Crippen molar-refractivity contribution in [3.63, 3.8) is 0 Å². The maximum absolute atomic E-state index is 12.0. The van der Waals surface area contributed by atoms with Crippen LogP contribution >= 0.6 is 0 Å². The summed E-state index contributed by atoms with van der Waals surface area (Å²) in [6.45, 7) is 3.37. The Kier molecular flexibility index (Phi) is 3.74. The molecule has 6 heteroatoms. The van der Waals surface area contributed by atoms with E-state index in [1.807, 2.05) is 30.3 Å². The van der Waals surface area contributed by atoms with Gasteiger partial charge in [0.1, 0.15) is 11.3 Å². The lowest BCUT2D eigenvalue weighted by atomic mass is 10.2. The van der Waals surface area contributed by atoms with Crippen LogP contribution in [-0.4, -0.2) is 16.1 Å². The Labute approximate surface area is 126 Å². The van der Waals surface area contributed by atoms with Crippen LogP contribution in [0.25, 0.3) is 11.4 Å². The highest BCUT2D eigenvalue weighted by Crippen LogP contribution is 2.22. The van der Waals surface area contributed by atoms with Gasteiger partial charge in [0.15, 0.2) is 6.10 Å². The minimum atomic E-state index is -0.647. The third kappa shape index (κ3) is 2.76. The average Bonchev–Trinajstić information content (AvgIpc) is 3.17. The first-order valence-electron chi connectivity index (χ1n) is 6.79. The van der Waals surface area contributed by atoms with Crippen LogP contribution in [0.4, 0.5) is 0 Å². The molecule has 22 heavy (non-hydrogen) atoms. The van der Waals surface area contributed by atoms with Crippen molar-refractivity contribution in [3.05, 3.63) is 59.9 Å². The maximum Gasteiger partial charge on any atom is 0.342 e. The first kappa shape index (κ1) is 14.1. The van der Waals surface area contributed by atoms with E-state index >= 15 is 0 Å². The van der Waals surface area contributed by atoms with Crippen molar-refractivity contribution in [2.75, 3.05) is 0 Å². The second-order valence-corrected chi connectivity index (χ2v) is 4.76. The van der Waals surface area contributed by atoms with Gasteiger partial charge in [0.25, 0.3) is 5.89 Å². The first-order valence-corrected chi connectivity index (χ1v) is 6.79. The molecule has 1 aromatic carbocycles. The number of rotatable bonds is 4. The average molecular weight is 298 g/mol. The van der Waals surface area contributed by atoms with Gasteiger partial charge in [0.05, 0.1) is 6.26 Å². The Bertz CT molecular complexity index is 776. The standard InChI is InChI=1S/C16H14N2O4/c1-10-13(8-9-20-10)16(19)21-11(2)15-17-14(18-22-15)12-6-4-3-5-7-12/h3-9,11H,1-2H3/t11-/m0/s1. The van der Waals surface area contributed by atoms with Crippen LogP contribution in [0.15, 0.2) is 51.6 Å². The number of aromatic nitrogens is 2. The van der Waals surface area contributed by atoms with E-state index in [2.05, 4.69) is 10.1 Å². The topological polar surface area (TPSA) is 78.4 Å². The van der Waals surface area contributed by atoms with E-state index in [4.69, 9.17) is 13.7 Å². The van der Waals surface area contributed by atoms with E-state index in [0.29, 0.717) is 17.1 Å². The number of esters is 1. The summed E-state index contributed by atoms with van der Waals surface area (Å²) in [5.41, 5.74) is 1.22. The molecule has 0 saturated carbocycles. The quantitative estimate of drug-likeness (QED) is 0.685. The number of aryl methyl sites for hydroxylation is 1. The molecular weight excluding hydrogens is 284 g/mol. The second-order valence-electron chi connectivity index (χ2n) is 4.76. The van der Waals surface area contributed by atoms with Crippen LogP contribution < -0.4 is 0 Å². The third-order valence-corrected chi connectivity index (χ3v) is 3.18. The summed E-state index contributed by atoms with van der Waals surface area (Å²) >= 11 is 0. The Morgan fingerprint density at radius 1 is 1.23 bits per heavy atom. The molecule has 0 unspecified atom stereocenters. The summed E-state index contributed by atoms with van der Waals surface area (Å²) in [6, 6.07) is 11.0. The number of hydrogen-bond donors (Lipinski definition) is 0. The molecule has 0 fully saturated rings. The molecule has 0 N–H and O–H groups in total. The molecule has 2 aromatic heterocycles. The largest absolute Gasteiger partial charge is 0.469 e. The fourth-order valence-electron chi connectivity index (χ4n) is 1.98. The molecule has 3 aromatic rings. The third-order valence-electron chi connectivity index (χ3n) is 3.18. The minimum Gasteiger partial charge on any atom is -0.469 e. The fraction of sp³-hybridized carbons (Fsp3) is 0.188. The van der Waals surface area contributed by atoms with Crippen molar-refractivity contribution in [3.8, 4) is 11.4 Å². The Balaban J connectivity index is 1.73. The van der Waals surface area contributed by atoms with Gasteiger partial charge >= 0.3 is 5.97 Å². The molecule has 6 nitrogen and oxygen atoms in total. The number of furan rings is 1. The molecule has 0 saturated heterocycles. The van der Waals surface area contributed by atoms with Crippen LogP contribution in [0, 0.1) is 6.92 Å². The first-order chi connectivity index (χ1) is 10.6. The fourth-order valence-corrected chi connectivity index (χ4v) is 1.98. The highest BCUT2D eigenvalue weighted by atomic mass is 16.6. The maximum atomic E-state index is 12.0. The predicted octanol–water partition coefficient (Wildman–Crippen LogP) is 3.56. The Hall–Kier alpha value is -2.89. The van der Waals surface area contributed by atoms with E-state index in [1.54, 1.807) is 19.9 Å². The predicted molar refractivity (Wildman–Crippen MR) is 77.0 cm³/mol. The van der Waals surface area contributed by atoms with E-state index in [9.17, 15) is 4.79 Å². The molecule has 0 aliphatic rings. The number of ether oxygens (including phenoxy) is 1. The number of nitrogens with zero attached hydrogens (tertiary/aromatic N) is 2. The lowest BCUT2D eigenvalue weighted by molar-refractivity contribution is 0.0263. The zero-order valence-corrected chi connectivity index (χ0v) is 12.1. The summed E-state index contributed by atoms with van der Waals surface area (Å²) in [5, 5.41) is 3.90. The monoisotopic (exact) mass is 298 g/mol. The van der Waals surface area contributed by atoms with Gasteiger partial charge in [0, 0.05) is 5.56 Å². The highest BCUT2D eigenvalue weighted by molar-refractivity contribution is 5.90. The van der Waals surface area contributed by atoms with Crippen LogP contribution in [0.1, 0.15) is 35.0 Å². The molecule has 112 valence electrons. The Morgan fingerprint density at radius 3 is 2.68 bits per heavy atom. The number of carbonyl (C=O) groups is 1. The summed E-state index contributed by atoms with van der Waals surface area (Å²) in [4.78, 5) is 16.3. The number of benzene rings is 1. The second kappa shape index (κ2) is 5.85. The number of hydrogen-bond acceptors (Lipinski definition) is 6. The van der Waals surface area contributed by atoms with Gasteiger partial charge in [-0.1, -0.05) is 35.5 Å². The van der Waals surface area contributed by atoms with Crippen LogP contribution in [-0.2, 0) is 4.74 Å². The van der Waals surface area contributed by atoms with Gasteiger partial charge in [-0.25, -0.2) is 4.79 Å². The molecule has 0 aliphatic carbocycles. The zero-order chi connectivity index (χ0) is 15.5. The summed E-state index contributed by atoms with van der Waals surface area (Å²) in [7, 11) is 0. The normalized spacial score (nSPS) is 12.1. The molecule has 0 amide bonds. The van der Waals surface area contributed by atoms with Crippen LogP contribution in [0.5, 0.6) is 0 Å². The molecule has 0 bridgehead atoms. The lowest BCUT2D eigenvalue weighted by Crippen LogP contribution is -2.09. The molecule has 3 rings (SSSR count). The number of carbonyl (C=O) groups excluding carboxylic acids is 1. The van der Waals surface area contributed by atoms with Crippen molar-refractivity contribution in [2.45, 2.75) is 20.0 Å². The summed E-state index contributed by atoms with van der Waals surface area (Å²) in [5.74, 6) is 0.720. The van der Waals surface area contributed by atoms with Gasteiger partial charge in [-0.3, -0.25) is 0 Å².